The van der Waals surface area contributed by atoms with Crippen molar-refractivity contribution in [3.8, 4) is 11.5 Å². The molecule has 4 rings (SSSR count). The Labute approximate surface area is 274 Å². The minimum atomic E-state index is -0.604. The predicted octanol–water partition coefficient (Wildman–Crippen LogP) is 6.75. The molecule has 2 saturated heterocycles. The highest BCUT2D eigenvalue weighted by molar-refractivity contribution is 5.91. The summed E-state index contributed by atoms with van der Waals surface area (Å²) in [5.41, 5.74) is 2.19. The number of piperidine rings is 2. The van der Waals surface area contributed by atoms with Crippen LogP contribution in [0.15, 0.2) is 60.7 Å². The lowest BCUT2D eigenvalue weighted by Crippen LogP contribution is -2.39. The van der Waals surface area contributed by atoms with E-state index in [1.165, 1.54) is 38.5 Å². The van der Waals surface area contributed by atoms with Crippen LogP contribution in [0.25, 0.3) is 0 Å². The molecular formula is C36H52N4O6. The summed E-state index contributed by atoms with van der Waals surface area (Å²) in [6.45, 7) is 8.59. The predicted molar refractivity (Wildman–Crippen MR) is 181 cm³/mol. The van der Waals surface area contributed by atoms with Crippen molar-refractivity contribution in [3.05, 3.63) is 60.7 Å². The third kappa shape index (κ3) is 12.9. The number of ether oxygens (including phenoxy) is 2. The van der Waals surface area contributed by atoms with Gasteiger partial charge in [-0.25, -0.2) is 9.59 Å². The Morgan fingerprint density at radius 2 is 1.00 bits per heavy atom. The molecule has 0 atom stereocenters. The van der Waals surface area contributed by atoms with Crippen molar-refractivity contribution in [2.45, 2.75) is 90.3 Å². The molecule has 2 fully saturated rings. The molecule has 0 saturated carbocycles. The van der Waals surface area contributed by atoms with Crippen LogP contribution in [-0.2, 0) is 19.3 Å². The van der Waals surface area contributed by atoms with Crippen LogP contribution in [0.4, 0.5) is 11.4 Å². The van der Waals surface area contributed by atoms with Crippen LogP contribution in [0.5, 0.6) is 11.5 Å². The summed E-state index contributed by atoms with van der Waals surface area (Å²) < 4.78 is 12.3. The maximum atomic E-state index is 12.3. The van der Waals surface area contributed by atoms with Gasteiger partial charge >= 0.3 is 11.9 Å². The molecule has 2 aromatic rings. The smallest absolute Gasteiger partial charge is 0.349 e. The van der Waals surface area contributed by atoms with Gasteiger partial charge in [0.05, 0.1) is 0 Å². The molecule has 0 bridgehead atoms. The second-order valence-corrected chi connectivity index (χ2v) is 12.0. The van der Waals surface area contributed by atoms with Crippen molar-refractivity contribution >= 4 is 23.3 Å². The first-order chi connectivity index (χ1) is 22.5. The molecule has 252 valence electrons. The van der Waals surface area contributed by atoms with Crippen LogP contribution in [0.2, 0.25) is 0 Å². The summed E-state index contributed by atoms with van der Waals surface area (Å²) in [7, 11) is 0. The molecule has 0 unspecified atom stereocenters. The molecule has 2 N–H and O–H groups in total. The van der Waals surface area contributed by atoms with E-state index in [0.717, 1.165) is 73.8 Å². The molecule has 2 aliphatic heterocycles. The van der Waals surface area contributed by atoms with Crippen molar-refractivity contribution in [2.24, 2.45) is 0 Å². The summed E-state index contributed by atoms with van der Waals surface area (Å²) in [4.78, 5) is 35.4. The molecule has 10 heteroatoms. The fourth-order valence-electron chi connectivity index (χ4n) is 5.44. The topological polar surface area (TPSA) is 102 Å². The van der Waals surface area contributed by atoms with E-state index in [4.69, 9.17) is 19.1 Å². The van der Waals surface area contributed by atoms with Crippen LogP contribution in [0.1, 0.15) is 78.1 Å². The van der Waals surface area contributed by atoms with Gasteiger partial charge in [-0.05, 0) is 61.4 Å². The molecule has 0 aliphatic carbocycles. The van der Waals surface area contributed by atoms with Crippen LogP contribution < -0.4 is 20.1 Å². The summed E-state index contributed by atoms with van der Waals surface area (Å²) in [5.74, 6) is 0.465. The summed E-state index contributed by atoms with van der Waals surface area (Å²) >= 11 is 0. The normalized spacial score (nSPS) is 16.7. The highest BCUT2D eigenvalue weighted by Gasteiger charge is 2.24. The SMILES string of the molecule is CCCCCNc1ccc(OC2CCN(OC(=O)/C=C/C(=O)ON3CCC(Oc4ccc(NCCCCC)cc4)CC3)CC2)cc1. The van der Waals surface area contributed by atoms with Crippen LogP contribution >= 0.6 is 0 Å². The van der Waals surface area contributed by atoms with Crippen molar-refractivity contribution in [1.29, 1.82) is 0 Å². The van der Waals surface area contributed by atoms with E-state index in [9.17, 15) is 9.59 Å². The molecule has 46 heavy (non-hydrogen) atoms. The second-order valence-electron chi connectivity index (χ2n) is 12.0. The first-order valence-corrected chi connectivity index (χ1v) is 17.1. The third-order valence-electron chi connectivity index (χ3n) is 8.13. The summed E-state index contributed by atoms with van der Waals surface area (Å²) in [6, 6.07) is 16.1. The molecule has 2 aliphatic rings. The number of anilines is 2. The van der Waals surface area contributed by atoms with E-state index in [1.54, 1.807) is 10.1 Å². The second kappa shape index (κ2) is 19.7. The van der Waals surface area contributed by atoms with Crippen LogP contribution in [-0.4, -0.2) is 73.5 Å². The zero-order valence-corrected chi connectivity index (χ0v) is 27.6. The van der Waals surface area contributed by atoms with Gasteiger partial charge in [-0.15, -0.1) is 10.1 Å². The first-order valence-electron chi connectivity index (χ1n) is 17.1. The maximum absolute atomic E-state index is 12.3. The van der Waals surface area contributed by atoms with E-state index in [2.05, 4.69) is 24.5 Å². The number of hydrogen-bond acceptors (Lipinski definition) is 10. The Balaban J connectivity index is 1.06. The Bertz CT molecular complexity index is 1100. The molecule has 10 nitrogen and oxygen atoms in total. The van der Waals surface area contributed by atoms with Gasteiger partial charge in [-0.2, -0.15) is 0 Å². The monoisotopic (exact) mass is 636 g/mol. The van der Waals surface area contributed by atoms with Gasteiger partial charge in [-0.3, -0.25) is 0 Å². The average molecular weight is 637 g/mol. The van der Waals surface area contributed by atoms with Gasteiger partial charge in [0.1, 0.15) is 23.7 Å². The summed E-state index contributed by atoms with van der Waals surface area (Å²) in [5, 5.41) is 10.1. The van der Waals surface area contributed by atoms with Gasteiger partial charge in [0.15, 0.2) is 0 Å². The van der Waals surface area contributed by atoms with Crippen LogP contribution in [0, 0.1) is 0 Å². The Hall–Kier alpha value is -3.76. The standard InChI is InChI=1S/C36H52N4O6/c1-3-5-7-23-37-29-9-13-31(14-10-29)43-33-19-25-39(26-20-33)45-35(41)17-18-36(42)46-40-27-21-34(22-28-40)44-32-15-11-30(12-16-32)38-24-8-6-4-2/h9-18,33-34,37-38H,3-8,19-28H2,1-2H3/b18-17+. The zero-order chi connectivity index (χ0) is 32.4. The van der Waals surface area contributed by atoms with Crippen LogP contribution in [0.3, 0.4) is 0 Å². The first kappa shape index (κ1) is 35.1. The fraction of sp³-hybridized carbons (Fsp3) is 0.556. The van der Waals surface area contributed by atoms with Gasteiger partial charge in [0, 0.05) is 88.5 Å². The quantitative estimate of drug-likeness (QED) is 0.135. The van der Waals surface area contributed by atoms with E-state index < -0.39 is 11.9 Å². The maximum Gasteiger partial charge on any atom is 0.349 e. The highest BCUT2D eigenvalue weighted by Crippen LogP contribution is 2.23. The average Bonchev–Trinajstić information content (AvgIpc) is 3.07. The number of benzene rings is 2. The lowest BCUT2D eigenvalue weighted by atomic mass is 10.1. The number of hydrogen-bond donors (Lipinski definition) is 2. The van der Waals surface area contributed by atoms with E-state index in [0.29, 0.717) is 26.2 Å². The number of nitrogens with one attached hydrogen (secondary N) is 2. The zero-order valence-electron chi connectivity index (χ0n) is 27.6. The van der Waals surface area contributed by atoms with E-state index >= 15 is 0 Å². The number of rotatable bonds is 18. The largest absolute Gasteiger partial charge is 0.490 e. The van der Waals surface area contributed by atoms with Crippen molar-refractivity contribution in [3.63, 3.8) is 0 Å². The molecule has 0 spiro atoms. The minimum Gasteiger partial charge on any atom is -0.490 e. The molecule has 0 aromatic heterocycles. The van der Waals surface area contributed by atoms with Gasteiger partial charge in [0.2, 0.25) is 0 Å². The molecule has 0 radical (unpaired) electrons. The highest BCUT2D eigenvalue weighted by atomic mass is 16.7. The number of unbranched alkanes of at least 4 members (excludes halogenated alkanes) is 4. The number of hydroxylamine groups is 4. The van der Waals surface area contributed by atoms with Gasteiger partial charge < -0.3 is 29.8 Å². The number of carbonyl (C=O) groups excluding carboxylic acids is 2. The Kier molecular flexibility index (Phi) is 15.0. The molecule has 2 aromatic carbocycles. The Morgan fingerprint density at radius 1 is 0.630 bits per heavy atom. The van der Waals surface area contributed by atoms with Crippen molar-refractivity contribution < 1.29 is 28.7 Å². The van der Waals surface area contributed by atoms with Crippen molar-refractivity contribution in [2.75, 3.05) is 49.9 Å². The Morgan fingerprint density at radius 3 is 1.35 bits per heavy atom. The molecule has 2 heterocycles. The minimum absolute atomic E-state index is 0.0568. The molecular weight excluding hydrogens is 584 g/mol. The van der Waals surface area contributed by atoms with Gasteiger partial charge in [-0.1, -0.05) is 39.5 Å². The third-order valence-corrected chi connectivity index (χ3v) is 8.13. The van der Waals surface area contributed by atoms with E-state index in [1.807, 2.05) is 48.5 Å². The lowest BCUT2D eigenvalue weighted by Gasteiger charge is -2.30. The molecule has 0 amide bonds. The summed E-state index contributed by atoms with van der Waals surface area (Å²) in [6.07, 6.45) is 12.5. The van der Waals surface area contributed by atoms with Crippen molar-refractivity contribution in [1.82, 2.24) is 10.1 Å². The lowest BCUT2D eigenvalue weighted by molar-refractivity contribution is -0.194. The number of carbonyl (C=O) groups is 2. The van der Waals surface area contributed by atoms with E-state index in [-0.39, 0.29) is 12.2 Å². The fourth-order valence-corrected chi connectivity index (χ4v) is 5.44. The number of nitrogens with zero attached hydrogens (tertiary/aromatic N) is 2. The van der Waals surface area contributed by atoms with Gasteiger partial charge in [0.25, 0.3) is 0 Å².